The summed E-state index contributed by atoms with van der Waals surface area (Å²) in [5, 5.41) is 5.21. The number of ether oxygens (including phenoxy) is 1. The molecule has 1 N–H and O–H groups in total. The van der Waals surface area contributed by atoms with E-state index in [0.717, 1.165) is 27.8 Å². The first kappa shape index (κ1) is 15.1. The van der Waals surface area contributed by atoms with Crippen LogP contribution in [0.3, 0.4) is 0 Å². The van der Waals surface area contributed by atoms with Gasteiger partial charge >= 0.3 is 0 Å². The van der Waals surface area contributed by atoms with E-state index in [-0.39, 0.29) is 5.91 Å². The second-order valence-corrected chi connectivity index (χ2v) is 5.43. The van der Waals surface area contributed by atoms with Crippen LogP contribution in [-0.2, 0) is 0 Å². The van der Waals surface area contributed by atoms with Crippen molar-refractivity contribution in [2.75, 3.05) is 11.9 Å². The summed E-state index contributed by atoms with van der Waals surface area (Å²) in [7, 11) is 0. The van der Waals surface area contributed by atoms with Gasteiger partial charge in [-0.1, -0.05) is 30.3 Å². The first-order chi connectivity index (χ1) is 11.2. The Balaban J connectivity index is 1.81. The van der Waals surface area contributed by atoms with Crippen molar-refractivity contribution in [3.05, 3.63) is 71.8 Å². The van der Waals surface area contributed by atoms with Gasteiger partial charge in [-0.25, -0.2) is 0 Å². The fourth-order valence-corrected chi connectivity index (χ4v) is 2.58. The second kappa shape index (κ2) is 6.53. The minimum atomic E-state index is -0.119. The van der Waals surface area contributed by atoms with Gasteiger partial charge in [0.2, 0.25) is 0 Å². The minimum Gasteiger partial charge on any atom is -0.494 e. The van der Waals surface area contributed by atoms with Crippen molar-refractivity contribution in [2.45, 2.75) is 13.8 Å². The molecule has 0 saturated heterocycles. The SMILES string of the molecule is CCOc1ccc(C(=O)Nc2ccc3ccccc3c2)cc1C. The number of carbonyl (C=O) groups is 1. The lowest BCUT2D eigenvalue weighted by molar-refractivity contribution is 0.102. The van der Waals surface area contributed by atoms with Crippen LogP contribution in [0.5, 0.6) is 5.75 Å². The van der Waals surface area contributed by atoms with Crippen LogP contribution >= 0.6 is 0 Å². The summed E-state index contributed by atoms with van der Waals surface area (Å²) in [6.07, 6.45) is 0. The molecule has 0 fully saturated rings. The molecular weight excluding hydrogens is 286 g/mol. The van der Waals surface area contributed by atoms with Gasteiger partial charge in [-0.15, -0.1) is 0 Å². The van der Waals surface area contributed by atoms with Gasteiger partial charge in [0.25, 0.3) is 5.91 Å². The fraction of sp³-hybridized carbons (Fsp3) is 0.150. The standard InChI is InChI=1S/C20H19NO2/c1-3-23-19-11-9-17(12-14(19)2)20(22)21-18-10-8-15-6-4-5-7-16(15)13-18/h4-13H,3H2,1-2H3,(H,21,22). The third-order valence-electron chi connectivity index (χ3n) is 3.74. The Kier molecular flexibility index (Phi) is 4.29. The van der Waals surface area contributed by atoms with Gasteiger partial charge in [-0.05, 0) is 60.5 Å². The number of aryl methyl sites for hydroxylation is 1. The van der Waals surface area contributed by atoms with Crippen molar-refractivity contribution in [3.8, 4) is 5.75 Å². The zero-order valence-corrected chi connectivity index (χ0v) is 13.3. The number of hydrogen-bond donors (Lipinski definition) is 1. The van der Waals surface area contributed by atoms with Crippen LogP contribution in [0.4, 0.5) is 5.69 Å². The van der Waals surface area contributed by atoms with E-state index in [4.69, 9.17) is 4.74 Å². The van der Waals surface area contributed by atoms with Gasteiger partial charge in [0.05, 0.1) is 6.61 Å². The highest BCUT2D eigenvalue weighted by Crippen LogP contribution is 2.22. The Morgan fingerprint density at radius 2 is 1.78 bits per heavy atom. The van der Waals surface area contributed by atoms with Gasteiger partial charge in [0.1, 0.15) is 5.75 Å². The fourth-order valence-electron chi connectivity index (χ4n) is 2.58. The normalized spacial score (nSPS) is 10.5. The summed E-state index contributed by atoms with van der Waals surface area (Å²) in [5.74, 6) is 0.696. The molecule has 0 atom stereocenters. The third-order valence-corrected chi connectivity index (χ3v) is 3.74. The Morgan fingerprint density at radius 1 is 1.00 bits per heavy atom. The highest BCUT2D eigenvalue weighted by atomic mass is 16.5. The van der Waals surface area contributed by atoms with Crippen LogP contribution in [-0.4, -0.2) is 12.5 Å². The number of carbonyl (C=O) groups excluding carboxylic acids is 1. The monoisotopic (exact) mass is 305 g/mol. The number of nitrogens with one attached hydrogen (secondary N) is 1. The molecule has 3 aromatic rings. The highest BCUT2D eigenvalue weighted by Gasteiger charge is 2.09. The predicted octanol–water partition coefficient (Wildman–Crippen LogP) is 4.80. The van der Waals surface area contributed by atoms with Crippen molar-refractivity contribution in [1.29, 1.82) is 0 Å². The minimum absolute atomic E-state index is 0.119. The van der Waals surface area contributed by atoms with Crippen LogP contribution in [0, 0.1) is 6.92 Å². The van der Waals surface area contributed by atoms with Gasteiger partial charge in [-0.2, -0.15) is 0 Å². The number of fused-ring (bicyclic) bond motifs is 1. The Hall–Kier alpha value is -2.81. The van der Waals surface area contributed by atoms with Crippen molar-refractivity contribution in [2.24, 2.45) is 0 Å². The molecule has 3 nitrogen and oxygen atoms in total. The van der Waals surface area contributed by atoms with E-state index < -0.39 is 0 Å². The molecule has 0 heterocycles. The summed E-state index contributed by atoms with van der Waals surface area (Å²) < 4.78 is 5.51. The van der Waals surface area contributed by atoms with Gasteiger partial charge in [0.15, 0.2) is 0 Å². The first-order valence-electron chi connectivity index (χ1n) is 7.71. The third kappa shape index (κ3) is 3.34. The number of hydrogen-bond acceptors (Lipinski definition) is 2. The molecule has 0 aliphatic rings. The molecule has 0 unspecified atom stereocenters. The highest BCUT2D eigenvalue weighted by molar-refractivity contribution is 6.05. The molecule has 1 amide bonds. The maximum absolute atomic E-state index is 12.4. The molecule has 0 bridgehead atoms. The molecule has 3 rings (SSSR count). The van der Waals surface area contributed by atoms with Crippen LogP contribution in [0.1, 0.15) is 22.8 Å². The first-order valence-corrected chi connectivity index (χ1v) is 7.71. The lowest BCUT2D eigenvalue weighted by Crippen LogP contribution is -2.12. The summed E-state index contributed by atoms with van der Waals surface area (Å²) >= 11 is 0. The van der Waals surface area contributed by atoms with Crippen molar-refractivity contribution < 1.29 is 9.53 Å². The van der Waals surface area contributed by atoms with Gasteiger partial charge < -0.3 is 10.1 Å². The topological polar surface area (TPSA) is 38.3 Å². The van der Waals surface area contributed by atoms with E-state index in [0.29, 0.717) is 12.2 Å². The molecule has 23 heavy (non-hydrogen) atoms. The second-order valence-electron chi connectivity index (χ2n) is 5.43. The van der Waals surface area contributed by atoms with Crippen LogP contribution in [0.15, 0.2) is 60.7 Å². The number of amides is 1. The van der Waals surface area contributed by atoms with Crippen molar-refractivity contribution >= 4 is 22.4 Å². The molecule has 0 aliphatic heterocycles. The van der Waals surface area contributed by atoms with E-state index in [9.17, 15) is 4.79 Å². The molecule has 3 aromatic carbocycles. The summed E-state index contributed by atoms with van der Waals surface area (Å²) in [6.45, 7) is 4.50. The van der Waals surface area contributed by atoms with E-state index >= 15 is 0 Å². The van der Waals surface area contributed by atoms with Crippen LogP contribution < -0.4 is 10.1 Å². The smallest absolute Gasteiger partial charge is 0.255 e. The average Bonchev–Trinajstić information content (AvgIpc) is 2.56. The quantitative estimate of drug-likeness (QED) is 0.752. The predicted molar refractivity (Wildman–Crippen MR) is 94.2 cm³/mol. The lowest BCUT2D eigenvalue weighted by atomic mass is 10.1. The van der Waals surface area contributed by atoms with E-state index in [1.165, 1.54) is 0 Å². The van der Waals surface area contributed by atoms with Crippen molar-refractivity contribution in [1.82, 2.24) is 0 Å². The zero-order chi connectivity index (χ0) is 16.2. The van der Waals surface area contributed by atoms with E-state index in [1.807, 2.05) is 62.4 Å². The Morgan fingerprint density at radius 3 is 2.52 bits per heavy atom. The van der Waals surface area contributed by atoms with Crippen LogP contribution in [0.25, 0.3) is 10.8 Å². The van der Waals surface area contributed by atoms with Gasteiger partial charge in [-0.3, -0.25) is 4.79 Å². The molecule has 116 valence electrons. The summed E-state index contributed by atoms with van der Waals surface area (Å²) in [5.41, 5.74) is 2.37. The zero-order valence-electron chi connectivity index (χ0n) is 13.3. The molecule has 3 heteroatoms. The van der Waals surface area contributed by atoms with Crippen LogP contribution in [0.2, 0.25) is 0 Å². The molecule has 0 aliphatic carbocycles. The maximum Gasteiger partial charge on any atom is 0.255 e. The molecule has 0 aromatic heterocycles. The lowest BCUT2D eigenvalue weighted by Gasteiger charge is -2.10. The van der Waals surface area contributed by atoms with E-state index in [1.54, 1.807) is 6.07 Å². The number of rotatable bonds is 4. The summed E-state index contributed by atoms with van der Waals surface area (Å²) in [6, 6.07) is 19.5. The Bertz CT molecular complexity index is 855. The molecule has 0 spiro atoms. The summed E-state index contributed by atoms with van der Waals surface area (Å²) in [4.78, 5) is 12.4. The Labute approximate surface area is 135 Å². The largest absolute Gasteiger partial charge is 0.494 e. The number of benzene rings is 3. The number of anilines is 1. The maximum atomic E-state index is 12.4. The molecule has 0 radical (unpaired) electrons. The average molecular weight is 305 g/mol. The van der Waals surface area contributed by atoms with Gasteiger partial charge in [0, 0.05) is 11.3 Å². The molecular formula is C20H19NO2. The molecule has 0 saturated carbocycles. The van der Waals surface area contributed by atoms with Crippen molar-refractivity contribution in [3.63, 3.8) is 0 Å². The van der Waals surface area contributed by atoms with E-state index in [2.05, 4.69) is 11.4 Å².